The average molecular weight is 230 g/mol. The van der Waals surface area contributed by atoms with Crippen LogP contribution in [0.4, 0.5) is 0 Å². The number of piperazine rings is 1. The molecule has 1 fully saturated rings. The maximum Gasteiger partial charge on any atom is 0.0589 e. The van der Waals surface area contributed by atoms with Gasteiger partial charge in [-0.3, -0.25) is 9.80 Å². The van der Waals surface area contributed by atoms with Crippen LogP contribution in [-0.2, 0) is 4.74 Å². The Labute approximate surface area is 102 Å². The van der Waals surface area contributed by atoms with Crippen LogP contribution in [0.15, 0.2) is 0 Å². The Morgan fingerprint density at radius 1 is 1.12 bits per heavy atom. The van der Waals surface area contributed by atoms with E-state index >= 15 is 0 Å². The van der Waals surface area contributed by atoms with Crippen molar-refractivity contribution in [2.24, 2.45) is 0 Å². The maximum atomic E-state index is 5.08. The molecule has 1 aliphatic heterocycles. The summed E-state index contributed by atoms with van der Waals surface area (Å²) in [4.78, 5) is 5.08. The highest BCUT2D eigenvalue weighted by Crippen LogP contribution is 2.08. The van der Waals surface area contributed by atoms with Crippen LogP contribution >= 0.6 is 0 Å². The fraction of sp³-hybridized carbons (Fsp3) is 1.00. The SMILES string of the molecule is CC.CCC(C)N1CCN(CCOC)CC1. The normalized spacial score (nSPS) is 20.1. The van der Waals surface area contributed by atoms with E-state index in [9.17, 15) is 0 Å². The van der Waals surface area contributed by atoms with E-state index in [-0.39, 0.29) is 0 Å². The highest BCUT2D eigenvalue weighted by atomic mass is 16.5. The Balaban J connectivity index is 0.00000106. The second kappa shape index (κ2) is 10.1. The lowest BCUT2D eigenvalue weighted by atomic mass is 10.2. The van der Waals surface area contributed by atoms with Crippen molar-refractivity contribution in [3.8, 4) is 0 Å². The highest BCUT2D eigenvalue weighted by molar-refractivity contribution is 4.75. The summed E-state index contributed by atoms with van der Waals surface area (Å²) in [6, 6.07) is 0.750. The quantitative estimate of drug-likeness (QED) is 0.719. The van der Waals surface area contributed by atoms with Crippen LogP contribution in [0.3, 0.4) is 0 Å². The predicted molar refractivity (Wildman–Crippen MR) is 71.0 cm³/mol. The summed E-state index contributed by atoms with van der Waals surface area (Å²) < 4.78 is 5.08. The zero-order valence-electron chi connectivity index (χ0n) is 11.8. The number of rotatable bonds is 5. The molecule has 1 saturated heterocycles. The lowest BCUT2D eigenvalue weighted by molar-refractivity contribution is 0.0778. The van der Waals surface area contributed by atoms with Crippen LogP contribution in [0.2, 0.25) is 0 Å². The third-order valence-corrected chi connectivity index (χ3v) is 3.23. The Morgan fingerprint density at radius 2 is 1.69 bits per heavy atom. The van der Waals surface area contributed by atoms with Gasteiger partial charge in [-0.15, -0.1) is 0 Å². The number of methoxy groups -OCH3 is 1. The summed E-state index contributed by atoms with van der Waals surface area (Å²) in [5, 5.41) is 0. The second-order valence-electron chi connectivity index (χ2n) is 4.13. The molecule has 0 aromatic carbocycles. The van der Waals surface area contributed by atoms with Gasteiger partial charge in [0.1, 0.15) is 0 Å². The summed E-state index contributed by atoms with van der Waals surface area (Å²) in [7, 11) is 1.77. The molecule has 16 heavy (non-hydrogen) atoms. The molecule has 1 aliphatic rings. The van der Waals surface area contributed by atoms with Crippen LogP contribution in [0, 0.1) is 0 Å². The molecule has 0 aliphatic carbocycles. The molecule has 0 aromatic heterocycles. The van der Waals surface area contributed by atoms with Gasteiger partial charge in [-0.05, 0) is 13.3 Å². The fourth-order valence-corrected chi connectivity index (χ4v) is 1.91. The first-order valence-corrected chi connectivity index (χ1v) is 6.73. The van der Waals surface area contributed by atoms with Crippen molar-refractivity contribution in [2.45, 2.75) is 40.2 Å². The average Bonchev–Trinajstić information content (AvgIpc) is 2.38. The maximum absolute atomic E-state index is 5.08. The first-order valence-electron chi connectivity index (χ1n) is 6.73. The van der Waals surface area contributed by atoms with E-state index in [1.54, 1.807) is 7.11 Å². The van der Waals surface area contributed by atoms with Crippen LogP contribution in [0.25, 0.3) is 0 Å². The first-order chi connectivity index (χ1) is 7.77. The summed E-state index contributed by atoms with van der Waals surface area (Å²) in [5.41, 5.74) is 0. The van der Waals surface area contributed by atoms with E-state index in [0.29, 0.717) is 0 Å². The monoisotopic (exact) mass is 230 g/mol. The van der Waals surface area contributed by atoms with Gasteiger partial charge in [0.15, 0.2) is 0 Å². The summed E-state index contributed by atoms with van der Waals surface area (Å²) in [5.74, 6) is 0. The summed E-state index contributed by atoms with van der Waals surface area (Å²) in [6.07, 6.45) is 1.26. The smallest absolute Gasteiger partial charge is 0.0589 e. The largest absolute Gasteiger partial charge is 0.383 e. The third kappa shape index (κ3) is 5.83. The molecule has 3 nitrogen and oxygen atoms in total. The first kappa shape index (κ1) is 15.9. The van der Waals surface area contributed by atoms with Crippen molar-refractivity contribution in [1.82, 2.24) is 9.80 Å². The molecule has 1 heterocycles. The van der Waals surface area contributed by atoms with Crippen molar-refractivity contribution in [3.05, 3.63) is 0 Å². The standard InChI is InChI=1S/C11H24N2O.C2H6/c1-4-11(2)13-7-5-12(6-8-13)9-10-14-3;1-2/h11H,4-10H2,1-3H3;1-2H3. The molecule has 0 bridgehead atoms. The van der Waals surface area contributed by atoms with Crippen LogP contribution in [-0.4, -0.2) is 62.3 Å². The number of hydrogen-bond acceptors (Lipinski definition) is 3. The summed E-state index contributed by atoms with van der Waals surface area (Å²) in [6.45, 7) is 15.4. The van der Waals surface area contributed by atoms with Gasteiger partial charge < -0.3 is 4.74 Å². The molecule has 98 valence electrons. The Morgan fingerprint density at radius 3 is 2.12 bits per heavy atom. The van der Waals surface area contributed by atoms with Gasteiger partial charge in [-0.25, -0.2) is 0 Å². The zero-order valence-corrected chi connectivity index (χ0v) is 11.8. The fourth-order valence-electron chi connectivity index (χ4n) is 1.91. The number of nitrogens with zero attached hydrogens (tertiary/aromatic N) is 2. The van der Waals surface area contributed by atoms with Crippen LogP contribution in [0.1, 0.15) is 34.1 Å². The molecule has 0 aromatic rings. The Hall–Kier alpha value is -0.120. The van der Waals surface area contributed by atoms with E-state index in [0.717, 1.165) is 19.2 Å². The van der Waals surface area contributed by atoms with Crippen molar-refractivity contribution in [2.75, 3.05) is 46.4 Å². The molecule has 0 saturated carbocycles. The van der Waals surface area contributed by atoms with E-state index < -0.39 is 0 Å². The van der Waals surface area contributed by atoms with Crippen molar-refractivity contribution in [3.63, 3.8) is 0 Å². The minimum atomic E-state index is 0.750. The predicted octanol–water partition coefficient (Wildman–Crippen LogP) is 2.08. The molecule has 0 spiro atoms. The second-order valence-corrected chi connectivity index (χ2v) is 4.13. The van der Waals surface area contributed by atoms with Crippen LogP contribution in [0.5, 0.6) is 0 Å². The molecular weight excluding hydrogens is 200 g/mol. The van der Waals surface area contributed by atoms with E-state index in [2.05, 4.69) is 23.6 Å². The lowest BCUT2D eigenvalue weighted by Gasteiger charge is -2.37. The number of hydrogen-bond donors (Lipinski definition) is 0. The Kier molecular flexibility index (Phi) is 9.99. The topological polar surface area (TPSA) is 15.7 Å². The van der Waals surface area contributed by atoms with Gasteiger partial charge in [0, 0.05) is 45.9 Å². The van der Waals surface area contributed by atoms with Crippen molar-refractivity contribution in [1.29, 1.82) is 0 Å². The van der Waals surface area contributed by atoms with Gasteiger partial charge in [-0.1, -0.05) is 20.8 Å². The van der Waals surface area contributed by atoms with Gasteiger partial charge in [0.2, 0.25) is 0 Å². The lowest BCUT2D eigenvalue weighted by Crippen LogP contribution is -2.50. The summed E-state index contributed by atoms with van der Waals surface area (Å²) >= 11 is 0. The van der Waals surface area contributed by atoms with Gasteiger partial charge in [0.05, 0.1) is 6.61 Å². The highest BCUT2D eigenvalue weighted by Gasteiger charge is 2.19. The van der Waals surface area contributed by atoms with Crippen molar-refractivity contribution >= 4 is 0 Å². The van der Waals surface area contributed by atoms with E-state index in [1.807, 2.05) is 13.8 Å². The third-order valence-electron chi connectivity index (χ3n) is 3.23. The minimum Gasteiger partial charge on any atom is -0.383 e. The van der Waals surface area contributed by atoms with Crippen molar-refractivity contribution < 1.29 is 4.74 Å². The minimum absolute atomic E-state index is 0.750. The molecule has 1 rings (SSSR count). The van der Waals surface area contributed by atoms with Gasteiger partial charge in [0.25, 0.3) is 0 Å². The molecule has 1 atom stereocenters. The molecule has 0 radical (unpaired) electrons. The Bertz CT molecular complexity index is 145. The van der Waals surface area contributed by atoms with Gasteiger partial charge >= 0.3 is 0 Å². The molecule has 0 amide bonds. The number of ether oxygens (including phenoxy) is 1. The molecular formula is C13H30N2O. The van der Waals surface area contributed by atoms with E-state index in [1.165, 1.54) is 32.6 Å². The van der Waals surface area contributed by atoms with E-state index in [4.69, 9.17) is 4.74 Å². The zero-order chi connectivity index (χ0) is 12.4. The molecule has 3 heteroatoms. The molecule has 0 N–H and O–H groups in total. The van der Waals surface area contributed by atoms with Gasteiger partial charge in [-0.2, -0.15) is 0 Å². The van der Waals surface area contributed by atoms with Crippen LogP contribution < -0.4 is 0 Å². The molecule has 1 unspecified atom stereocenters.